The normalized spacial score (nSPS) is 12.2. The molecule has 0 aliphatic carbocycles. The molecule has 0 spiro atoms. The Labute approximate surface area is 215 Å². The SMILES string of the molecule is C=CCc1ccccc1OCC(CNC(C)C)OC(=O)COc1no[n+]([O-])c1S(=O)(=O)c1ccccc1. The quantitative estimate of drug-likeness (QED) is 0.187. The Hall–Kier alpha value is -3.90. The number of benzene rings is 2. The minimum Gasteiger partial charge on any atom is -0.489 e. The molecular formula is C25H29N3O8S. The van der Waals surface area contributed by atoms with Crippen LogP contribution in [0.1, 0.15) is 19.4 Å². The first kappa shape index (κ1) is 27.7. The van der Waals surface area contributed by atoms with Crippen LogP contribution in [0.5, 0.6) is 11.6 Å². The van der Waals surface area contributed by atoms with Crippen LogP contribution in [-0.2, 0) is 25.8 Å². The van der Waals surface area contributed by atoms with Crippen LogP contribution >= 0.6 is 0 Å². The van der Waals surface area contributed by atoms with Crippen molar-refractivity contribution in [1.82, 2.24) is 10.5 Å². The zero-order valence-electron chi connectivity index (χ0n) is 20.5. The van der Waals surface area contributed by atoms with Gasteiger partial charge in [-0.25, -0.2) is 13.2 Å². The molecule has 0 saturated carbocycles. The maximum Gasteiger partial charge on any atom is 0.415 e. The van der Waals surface area contributed by atoms with E-state index in [4.69, 9.17) is 14.2 Å². The minimum atomic E-state index is -4.31. The maximum atomic E-state index is 12.9. The second-order valence-electron chi connectivity index (χ2n) is 8.23. The Bertz CT molecular complexity index is 1290. The second-order valence-corrected chi connectivity index (χ2v) is 10.1. The highest BCUT2D eigenvalue weighted by atomic mass is 32.2. The van der Waals surface area contributed by atoms with Crippen molar-refractivity contribution in [2.75, 3.05) is 19.8 Å². The van der Waals surface area contributed by atoms with Crippen LogP contribution in [0.4, 0.5) is 0 Å². The predicted molar refractivity (Wildman–Crippen MR) is 132 cm³/mol. The van der Waals surface area contributed by atoms with Crippen molar-refractivity contribution in [3.63, 3.8) is 0 Å². The molecule has 1 atom stereocenters. The molecule has 1 aromatic heterocycles. The summed E-state index contributed by atoms with van der Waals surface area (Å²) < 4.78 is 46.7. The first-order valence-electron chi connectivity index (χ1n) is 11.5. The average Bonchev–Trinajstić information content (AvgIpc) is 3.27. The fraction of sp³-hybridized carbons (Fsp3) is 0.320. The van der Waals surface area contributed by atoms with Gasteiger partial charge in [0.25, 0.3) is 9.84 Å². The molecule has 37 heavy (non-hydrogen) atoms. The third-order valence-electron chi connectivity index (χ3n) is 4.99. The number of nitrogens with zero attached hydrogens (tertiary/aromatic N) is 2. The molecule has 2 aromatic carbocycles. The summed E-state index contributed by atoms with van der Waals surface area (Å²) in [6, 6.07) is 14.8. The molecule has 0 aliphatic rings. The summed E-state index contributed by atoms with van der Waals surface area (Å²) in [6.07, 6.45) is 1.69. The Kier molecular flexibility index (Phi) is 9.64. The van der Waals surface area contributed by atoms with Gasteiger partial charge in [-0.1, -0.05) is 56.3 Å². The van der Waals surface area contributed by atoms with Gasteiger partial charge in [0, 0.05) is 12.6 Å². The second kappa shape index (κ2) is 12.9. The fourth-order valence-electron chi connectivity index (χ4n) is 3.24. The number of rotatable bonds is 14. The number of ether oxygens (including phenoxy) is 3. The molecule has 0 fully saturated rings. The Morgan fingerprint density at radius 2 is 1.86 bits per heavy atom. The summed E-state index contributed by atoms with van der Waals surface area (Å²) in [5, 5.41) is 17.7. The molecule has 0 bridgehead atoms. The number of nitrogens with one attached hydrogen (secondary N) is 1. The summed E-state index contributed by atoms with van der Waals surface area (Å²) in [6.45, 7) is 7.27. The molecule has 11 nitrogen and oxygen atoms in total. The number of hydrogen-bond donors (Lipinski definition) is 1. The van der Waals surface area contributed by atoms with E-state index in [0.717, 1.165) is 5.56 Å². The monoisotopic (exact) mass is 531 g/mol. The van der Waals surface area contributed by atoms with E-state index in [1.54, 1.807) is 12.1 Å². The highest BCUT2D eigenvalue weighted by Gasteiger charge is 2.36. The topological polar surface area (TPSA) is 144 Å². The van der Waals surface area contributed by atoms with Crippen LogP contribution in [0, 0.1) is 5.21 Å². The van der Waals surface area contributed by atoms with Crippen molar-refractivity contribution < 1.29 is 37.0 Å². The lowest BCUT2D eigenvalue weighted by Gasteiger charge is -2.21. The fourth-order valence-corrected chi connectivity index (χ4v) is 4.54. The molecule has 0 aliphatic heterocycles. The van der Waals surface area contributed by atoms with E-state index in [2.05, 4.69) is 21.7 Å². The third-order valence-corrected chi connectivity index (χ3v) is 6.72. The average molecular weight is 532 g/mol. The van der Waals surface area contributed by atoms with Gasteiger partial charge in [0.1, 0.15) is 18.5 Å². The smallest absolute Gasteiger partial charge is 0.415 e. The van der Waals surface area contributed by atoms with Crippen molar-refractivity contribution in [3.05, 3.63) is 78.0 Å². The van der Waals surface area contributed by atoms with Crippen molar-refractivity contribution in [3.8, 4) is 11.6 Å². The van der Waals surface area contributed by atoms with Gasteiger partial charge in [0.05, 0.1) is 10.1 Å². The lowest BCUT2D eigenvalue weighted by Crippen LogP contribution is -2.39. The number of esters is 1. The van der Waals surface area contributed by atoms with Gasteiger partial charge in [0.15, 0.2) is 6.61 Å². The van der Waals surface area contributed by atoms with E-state index in [9.17, 15) is 18.4 Å². The van der Waals surface area contributed by atoms with Crippen LogP contribution < -0.4 is 19.7 Å². The van der Waals surface area contributed by atoms with Crippen molar-refractivity contribution >= 4 is 15.8 Å². The standard InChI is InChI=1S/C25H29N3O8S/c1-4-10-19-11-8-9-14-22(19)33-16-20(15-26-18(2)3)35-23(29)17-34-24-25(28(30)36-27-24)37(31,32)21-12-6-5-7-13-21/h4-9,11-14,18,20,26H,1,10,15-17H2,2-3H3. The van der Waals surface area contributed by atoms with Gasteiger partial charge >= 0.3 is 16.9 Å². The van der Waals surface area contributed by atoms with Gasteiger partial charge in [-0.15, -0.1) is 6.58 Å². The number of carbonyl (C=O) groups is 1. The van der Waals surface area contributed by atoms with E-state index < -0.39 is 39.4 Å². The van der Waals surface area contributed by atoms with Gasteiger partial charge in [-0.05, 0) is 35.1 Å². The molecule has 198 valence electrons. The van der Waals surface area contributed by atoms with E-state index in [0.29, 0.717) is 18.7 Å². The summed E-state index contributed by atoms with van der Waals surface area (Å²) >= 11 is 0. The number of sulfone groups is 1. The molecule has 1 heterocycles. The van der Waals surface area contributed by atoms with Crippen LogP contribution in [0.3, 0.4) is 0 Å². The largest absolute Gasteiger partial charge is 0.489 e. The lowest BCUT2D eigenvalue weighted by atomic mass is 10.1. The summed E-state index contributed by atoms with van der Waals surface area (Å²) in [5.41, 5.74) is 0.937. The summed E-state index contributed by atoms with van der Waals surface area (Å²) in [7, 11) is -4.31. The lowest BCUT2D eigenvalue weighted by molar-refractivity contribution is -0.832. The molecule has 1 unspecified atom stereocenters. The summed E-state index contributed by atoms with van der Waals surface area (Å²) in [5.74, 6) is -0.827. The molecule has 0 radical (unpaired) electrons. The number of para-hydroxylation sites is 1. The molecule has 12 heteroatoms. The zero-order valence-corrected chi connectivity index (χ0v) is 21.3. The third kappa shape index (κ3) is 7.54. The molecular weight excluding hydrogens is 502 g/mol. The molecule has 1 N–H and O–H groups in total. The summed E-state index contributed by atoms with van der Waals surface area (Å²) in [4.78, 5) is 12.1. The Morgan fingerprint density at radius 1 is 1.16 bits per heavy atom. The highest BCUT2D eigenvalue weighted by molar-refractivity contribution is 7.91. The van der Waals surface area contributed by atoms with Crippen LogP contribution in [0.15, 0.2) is 81.8 Å². The zero-order chi connectivity index (χ0) is 26.8. The van der Waals surface area contributed by atoms with Crippen molar-refractivity contribution in [2.24, 2.45) is 0 Å². The van der Waals surface area contributed by atoms with Crippen LogP contribution in [0.25, 0.3) is 0 Å². The Balaban J connectivity index is 1.67. The molecule has 3 aromatic rings. The number of aromatic nitrogens is 2. The van der Waals surface area contributed by atoms with Gasteiger partial charge in [-0.3, -0.25) is 4.63 Å². The highest BCUT2D eigenvalue weighted by Crippen LogP contribution is 2.25. The molecule has 3 rings (SSSR count). The first-order chi connectivity index (χ1) is 17.7. The van der Waals surface area contributed by atoms with E-state index in [-0.39, 0.29) is 22.4 Å². The van der Waals surface area contributed by atoms with Crippen LogP contribution in [0.2, 0.25) is 0 Å². The number of allylic oxidation sites excluding steroid dienone is 1. The number of carbonyl (C=O) groups excluding carboxylic acids is 1. The minimum absolute atomic E-state index is 0.0533. The first-order valence-corrected chi connectivity index (χ1v) is 13.0. The van der Waals surface area contributed by atoms with Crippen molar-refractivity contribution in [2.45, 2.75) is 42.3 Å². The van der Waals surface area contributed by atoms with E-state index >= 15 is 0 Å². The van der Waals surface area contributed by atoms with Crippen LogP contribution in [-0.4, -0.2) is 51.4 Å². The van der Waals surface area contributed by atoms with E-state index in [1.165, 1.54) is 24.3 Å². The van der Waals surface area contributed by atoms with Gasteiger partial charge < -0.3 is 24.7 Å². The Morgan fingerprint density at radius 3 is 2.57 bits per heavy atom. The number of hydrogen-bond acceptors (Lipinski definition) is 10. The molecule has 0 saturated heterocycles. The maximum absolute atomic E-state index is 12.9. The van der Waals surface area contributed by atoms with Gasteiger partial charge in [0.2, 0.25) is 0 Å². The molecule has 0 amide bonds. The predicted octanol–water partition coefficient (Wildman–Crippen LogP) is 2.24. The van der Waals surface area contributed by atoms with Gasteiger partial charge in [-0.2, -0.15) is 0 Å². The van der Waals surface area contributed by atoms with E-state index in [1.807, 2.05) is 38.1 Å². The van der Waals surface area contributed by atoms with Crippen molar-refractivity contribution in [1.29, 1.82) is 0 Å².